The Morgan fingerprint density at radius 3 is 2.75 bits per heavy atom. The molecule has 1 atom stereocenters. The van der Waals surface area contributed by atoms with E-state index in [0.29, 0.717) is 0 Å². The molecule has 4 heteroatoms. The van der Waals surface area contributed by atoms with Crippen LogP contribution >= 0.6 is 27.3 Å². The lowest BCUT2D eigenvalue weighted by Crippen LogP contribution is -1.99. The molecule has 0 aliphatic rings. The SMILES string of the molecule is COc1ccc(C(O)c2ccsc2)c(Br)c1. The van der Waals surface area contributed by atoms with Gasteiger partial charge < -0.3 is 9.84 Å². The third-order valence-electron chi connectivity index (χ3n) is 2.36. The van der Waals surface area contributed by atoms with Crippen molar-refractivity contribution >= 4 is 27.3 Å². The van der Waals surface area contributed by atoms with Crippen molar-refractivity contribution in [1.29, 1.82) is 0 Å². The van der Waals surface area contributed by atoms with Crippen molar-refractivity contribution in [2.45, 2.75) is 6.10 Å². The van der Waals surface area contributed by atoms with Crippen LogP contribution in [0.5, 0.6) is 5.75 Å². The smallest absolute Gasteiger partial charge is 0.120 e. The number of thiophene rings is 1. The second-order valence-corrected chi connectivity index (χ2v) is 4.98. The molecule has 0 spiro atoms. The number of halogens is 1. The molecule has 1 unspecified atom stereocenters. The predicted octanol–water partition coefficient (Wildman–Crippen LogP) is 3.60. The zero-order valence-electron chi connectivity index (χ0n) is 8.68. The summed E-state index contributed by atoms with van der Waals surface area (Å²) in [5.74, 6) is 0.771. The van der Waals surface area contributed by atoms with Crippen molar-refractivity contribution in [2.75, 3.05) is 7.11 Å². The zero-order valence-corrected chi connectivity index (χ0v) is 11.1. The molecule has 2 rings (SSSR count). The lowest BCUT2D eigenvalue weighted by atomic mass is 10.0. The molecule has 1 aromatic carbocycles. The molecule has 1 aromatic heterocycles. The van der Waals surface area contributed by atoms with Gasteiger partial charge in [-0.1, -0.05) is 22.0 Å². The van der Waals surface area contributed by atoms with Gasteiger partial charge in [0.1, 0.15) is 11.9 Å². The maximum atomic E-state index is 10.2. The zero-order chi connectivity index (χ0) is 11.5. The molecule has 1 heterocycles. The van der Waals surface area contributed by atoms with E-state index in [-0.39, 0.29) is 0 Å². The quantitative estimate of drug-likeness (QED) is 0.938. The number of ether oxygens (including phenoxy) is 1. The van der Waals surface area contributed by atoms with Gasteiger partial charge in [0, 0.05) is 4.47 Å². The van der Waals surface area contributed by atoms with E-state index >= 15 is 0 Å². The van der Waals surface area contributed by atoms with Gasteiger partial charge in [0.15, 0.2) is 0 Å². The summed E-state index contributed by atoms with van der Waals surface area (Å²) in [6.07, 6.45) is -0.591. The maximum Gasteiger partial charge on any atom is 0.120 e. The topological polar surface area (TPSA) is 29.5 Å². The molecule has 2 nitrogen and oxygen atoms in total. The number of methoxy groups -OCH3 is 1. The summed E-state index contributed by atoms with van der Waals surface area (Å²) in [6, 6.07) is 7.48. The highest BCUT2D eigenvalue weighted by Gasteiger charge is 2.14. The number of hydrogen-bond acceptors (Lipinski definition) is 3. The van der Waals surface area contributed by atoms with Gasteiger partial charge in [-0.15, -0.1) is 0 Å². The van der Waals surface area contributed by atoms with Crippen LogP contribution in [0.15, 0.2) is 39.5 Å². The molecular formula is C12H11BrO2S. The Labute approximate surface area is 107 Å². The van der Waals surface area contributed by atoms with Crippen LogP contribution < -0.4 is 4.74 Å². The minimum atomic E-state index is -0.591. The first kappa shape index (κ1) is 11.6. The number of aliphatic hydroxyl groups excluding tert-OH is 1. The largest absolute Gasteiger partial charge is 0.497 e. The van der Waals surface area contributed by atoms with E-state index in [1.165, 1.54) is 0 Å². The first-order valence-corrected chi connectivity index (χ1v) is 6.49. The van der Waals surface area contributed by atoms with E-state index in [1.54, 1.807) is 18.4 Å². The lowest BCUT2D eigenvalue weighted by Gasteiger charge is -2.12. The van der Waals surface area contributed by atoms with E-state index in [4.69, 9.17) is 4.74 Å². The molecule has 0 aliphatic carbocycles. The van der Waals surface area contributed by atoms with Crippen molar-refractivity contribution in [3.63, 3.8) is 0 Å². The van der Waals surface area contributed by atoms with E-state index in [0.717, 1.165) is 21.3 Å². The van der Waals surface area contributed by atoms with Crippen LogP contribution in [0.3, 0.4) is 0 Å². The van der Waals surface area contributed by atoms with Crippen LogP contribution in [0.4, 0.5) is 0 Å². The van der Waals surface area contributed by atoms with Gasteiger partial charge in [0.05, 0.1) is 7.11 Å². The van der Waals surface area contributed by atoms with E-state index in [2.05, 4.69) is 15.9 Å². The molecule has 84 valence electrons. The van der Waals surface area contributed by atoms with Crippen LogP contribution in [0.2, 0.25) is 0 Å². The lowest BCUT2D eigenvalue weighted by molar-refractivity contribution is 0.220. The molecule has 0 aliphatic heterocycles. The molecule has 0 radical (unpaired) electrons. The monoisotopic (exact) mass is 298 g/mol. The van der Waals surface area contributed by atoms with Gasteiger partial charge in [0.25, 0.3) is 0 Å². The molecule has 0 saturated heterocycles. The van der Waals surface area contributed by atoms with Gasteiger partial charge in [-0.3, -0.25) is 0 Å². The van der Waals surface area contributed by atoms with Crippen LogP contribution in [0.25, 0.3) is 0 Å². The molecule has 1 N–H and O–H groups in total. The summed E-state index contributed by atoms with van der Waals surface area (Å²) >= 11 is 5.01. The number of rotatable bonds is 3. The molecule has 0 fully saturated rings. The Morgan fingerprint density at radius 2 is 2.19 bits per heavy atom. The Balaban J connectivity index is 2.34. The summed E-state index contributed by atoms with van der Waals surface area (Å²) in [4.78, 5) is 0. The number of hydrogen-bond donors (Lipinski definition) is 1. The third kappa shape index (κ3) is 2.29. The average molecular weight is 299 g/mol. The van der Waals surface area contributed by atoms with E-state index in [9.17, 15) is 5.11 Å². The standard InChI is InChI=1S/C12H11BrO2S/c1-15-9-2-3-10(11(13)6-9)12(14)8-4-5-16-7-8/h2-7,12,14H,1H3. The third-order valence-corrected chi connectivity index (χ3v) is 3.75. The fourth-order valence-electron chi connectivity index (χ4n) is 1.47. The highest BCUT2D eigenvalue weighted by atomic mass is 79.9. The van der Waals surface area contributed by atoms with E-state index in [1.807, 2.05) is 35.0 Å². The predicted molar refractivity (Wildman–Crippen MR) is 69.1 cm³/mol. The van der Waals surface area contributed by atoms with E-state index < -0.39 is 6.10 Å². The van der Waals surface area contributed by atoms with Crippen molar-refractivity contribution in [3.8, 4) is 5.75 Å². The molecule has 0 amide bonds. The summed E-state index contributed by atoms with van der Waals surface area (Å²) < 4.78 is 5.96. The van der Waals surface area contributed by atoms with Gasteiger partial charge in [-0.05, 0) is 40.1 Å². The summed E-state index contributed by atoms with van der Waals surface area (Å²) in [5, 5.41) is 14.1. The normalized spacial score (nSPS) is 12.4. The van der Waals surface area contributed by atoms with Crippen molar-refractivity contribution in [3.05, 3.63) is 50.6 Å². The highest BCUT2D eigenvalue weighted by molar-refractivity contribution is 9.10. The van der Waals surface area contributed by atoms with Gasteiger partial charge in [0.2, 0.25) is 0 Å². The number of benzene rings is 1. The minimum absolute atomic E-state index is 0.591. The van der Waals surface area contributed by atoms with Crippen molar-refractivity contribution < 1.29 is 9.84 Å². The molecule has 0 saturated carbocycles. The van der Waals surface area contributed by atoms with Crippen molar-refractivity contribution in [1.82, 2.24) is 0 Å². The van der Waals surface area contributed by atoms with Gasteiger partial charge in [-0.25, -0.2) is 0 Å². The van der Waals surface area contributed by atoms with Crippen molar-refractivity contribution in [2.24, 2.45) is 0 Å². The van der Waals surface area contributed by atoms with Gasteiger partial charge >= 0.3 is 0 Å². The second-order valence-electron chi connectivity index (χ2n) is 3.35. The fourth-order valence-corrected chi connectivity index (χ4v) is 2.72. The highest BCUT2D eigenvalue weighted by Crippen LogP contribution is 2.31. The maximum absolute atomic E-state index is 10.2. The Hall–Kier alpha value is -0.840. The van der Waals surface area contributed by atoms with Crippen LogP contribution in [-0.2, 0) is 0 Å². The Morgan fingerprint density at radius 1 is 1.38 bits per heavy atom. The summed E-state index contributed by atoms with van der Waals surface area (Å²) in [7, 11) is 1.62. The molecular weight excluding hydrogens is 288 g/mol. The number of aliphatic hydroxyl groups is 1. The molecule has 16 heavy (non-hydrogen) atoms. The summed E-state index contributed by atoms with van der Waals surface area (Å²) in [5.41, 5.74) is 1.76. The van der Waals surface area contributed by atoms with Crippen LogP contribution in [0.1, 0.15) is 17.2 Å². The Kier molecular flexibility index (Phi) is 3.63. The first-order valence-electron chi connectivity index (χ1n) is 4.76. The minimum Gasteiger partial charge on any atom is -0.497 e. The van der Waals surface area contributed by atoms with Gasteiger partial charge in [-0.2, -0.15) is 11.3 Å². The Bertz CT molecular complexity index is 468. The second kappa shape index (κ2) is 4.99. The molecule has 0 bridgehead atoms. The van der Waals surface area contributed by atoms with Crippen LogP contribution in [-0.4, -0.2) is 12.2 Å². The fraction of sp³-hybridized carbons (Fsp3) is 0.167. The first-order chi connectivity index (χ1) is 7.72. The average Bonchev–Trinajstić information content (AvgIpc) is 2.81. The summed E-state index contributed by atoms with van der Waals surface area (Å²) in [6.45, 7) is 0. The van der Waals surface area contributed by atoms with Crippen LogP contribution in [0, 0.1) is 0 Å². The molecule has 2 aromatic rings.